The molecule has 0 saturated carbocycles. The SMILES string of the molecule is CCC1C(=O)NCCN1C(=O)[C@@H](N)Cc1ccccc1. The minimum Gasteiger partial charge on any atom is -0.353 e. The standard InChI is InChI=1S/C15H21N3O2/c1-2-13-14(19)17-8-9-18(13)15(20)12(16)10-11-6-4-3-5-7-11/h3-7,12-13H,2,8-10,16H2,1H3,(H,17,19)/t12-,13?/m0/s1. The summed E-state index contributed by atoms with van der Waals surface area (Å²) in [6.07, 6.45) is 1.10. The predicted octanol–water partition coefficient (Wildman–Crippen LogP) is 0.293. The van der Waals surface area contributed by atoms with Gasteiger partial charge < -0.3 is 16.0 Å². The van der Waals surface area contributed by atoms with E-state index in [0.717, 1.165) is 5.56 Å². The fourth-order valence-electron chi connectivity index (χ4n) is 2.55. The Hall–Kier alpha value is -1.88. The van der Waals surface area contributed by atoms with Gasteiger partial charge in [-0.3, -0.25) is 9.59 Å². The molecule has 2 rings (SSSR count). The molecule has 0 aromatic heterocycles. The number of nitrogens with two attached hydrogens (primary N) is 1. The number of benzene rings is 1. The number of hydrogen-bond acceptors (Lipinski definition) is 3. The zero-order valence-electron chi connectivity index (χ0n) is 11.7. The number of hydrogen-bond donors (Lipinski definition) is 2. The summed E-state index contributed by atoms with van der Waals surface area (Å²) < 4.78 is 0. The molecule has 1 aliphatic rings. The highest BCUT2D eigenvalue weighted by molar-refractivity contribution is 5.90. The Labute approximate surface area is 119 Å². The van der Waals surface area contributed by atoms with Crippen LogP contribution in [-0.2, 0) is 16.0 Å². The van der Waals surface area contributed by atoms with Crippen molar-refractivity contribution in [1.82, 2.24) is 10.2 Å². The maximum Gasteiger partial charge on any atom is 0.242 e. The number of rotatable bonds is 4. The van der Waals surface area contributed by atoms with E-state index in [2.05, 4.69) is 5.32 Å². The van der Waals surface area contributed by atoms with Crippen LogP contribution < -0.4 is 11.1 Å². The van der Waals surface area contributed by atoms with Crippen LogP contribution in [0.25, 0.3) is 0 Å². The zero-order valence-corrected chi connectivity index (χ0v) is 11.7. The van der Waals surface area contributed by atoms with Crippen molar-refractivity contribution in [2.45, 2.75) is 31.8 Å². The van der Waals surface area contributed by atoms with Crippen LogP contribution in [0.2, 0.25) is 0 Å². The van der Waals surface area contributed by atoms with Gasteiger partial charge in [0.1, 0.15) is 6.04 Å². The molecule has 108 valence electrons. The fourth-order valence-corrected chi connectivity index (χ4v) is 2.55. The van der Waals surface area contributed by atoms with Crippen LogP contribution in [0.1, 0.15) is 18.9 Å². The maximum absolute atomic E-state index is 12.4. The first-order valence-electron chi connectivity index (χ1n) is 7.01. The number of piperazine rings is 1. The van der Waals surface area contributed by atoms with E-state index in [-0.39, 0.29) is 11.8 Å². The highest BCUT2D eigenvalue weighted by Gasteiger charge is 2.33. The van der Waals surface area contributed by atoms with Crippen molar-refractivity contribution >= 4 is 11.8 Å². The van der Waals surface area contributed by atoms with Gasteiger partial charge in [0, 0.05) is 13.1 Å². The molecule has 0 bridgehead atoms. The topological polar surface area (TPSA) is 75.4 Å². The zero-order chi connectivity index (χ0) is 14.5. The van der Waals surface area contributed by atoms with Crippen molar-refractivity contribution < 1.29 is 9.59 Å². The molecule has 5 heteroatoms. The van der Waals surface area contributed by atoms with Gasteiger partial charge in [0.2, 0.25) is 11.8 Å². The minimum atomic E-state index is -0.600. The third-order valence-corrected chi connectivity index (χ3v) is 3.62. The number of amides is 2. The second-order valence-electron chi connectivity index (χ2n) is 5.04. The Morgan fingerprint density at radius 3 is 2.80 bits per heavy atom. The summed E-state index contributed by atoms with van der Waals surface area (Å²) in [4.78, 5) is 25.8. The van der Waals surface area contributed by atoms with Gasteiger partial charge in [0.15, 0.2) is 0 Å². The summed E-state index contributed by atoms with van der Waals surface area (Å²) in [5.74, 6) is -0.227. The number of carbonyl (C=O) groups excluding carboxylic acids is 2. The van der Waals surface area contributed by atoms with E-state index >= 15 is 0 Å². The quantitative estimate of drug-likeness (QED) is 0.829. The predicted molar refractivity (Wildman–Crippen MR) is 76.9 cm³/mol. The minimum absolute atomic E-state index is 0.0842. The number of nitrogens with zero attached hydrogens (tertiary/aromatic N) is 1. The lowest BCUT2D eigenvalue weighted by Gasteiger charge is -2.36. The van der Waals surface area contributed by atoms with Crippen molar-refractivity contribution in [2.75, 3.05) is 13.1 Å². The molecule has 1 saturated heterocycles. The van der Waals surface area contributed by atoms with Gasteiger partial charge in [-0.15, -0.1) is 0 Å². The summed E-state index contributed by atoms with van der Waals surface area (Å²) in [7, 11) is 0. The first-order chi connectivity index (χ1) is 9.63. The molecule has 0 spiro atoms. The van der Waals surface area contributed by atoms with Crippen LogP contribution in [0.4, 0.5) is 0 Å². The molecule has 1 heterocycles. The Morgan fingerprint density at radius 1 is 1.45 bits per heavy atom. The van der Waals surface area contributed by atoms with Crippen LogP contribution in [0.15, 0.2) is 30.3 Å². The van der Waals surface area contributed by atoms with Crippen LogP contribution in [-0.4, -0.2) is 41.9 Å². The summed E-state index contributed by atoms with van der Waals surface area (Å²) in [6, 6.07) is 8.70. The van der Waals surface area contributed by atoms with E-state index in [1.165, 1.54) is 0 Å². The molecule has 1 aromatic carbocycles. The molecule has 1 fully saturated rings. The maximum atomic E-state index is 12.4. The average molecular weight is 275 g/mol. The van der Waals surface area contributed by atoms with Gasteiger partial charge in [-0.25, -0.2) is 0 Å². The van der Waals surface area contributed by atoms with E-state index in [9.17, 15) is 9.59 Å². The third kappa shape index (κ3) is 3.17. The van der Waals surface area contributed by atoms with Gasteiger partial charge in [0.05, 0.1) is 6.04 Å². The molecule has 0 radical (unpaired) electrons. The van der Waals surface area contributed by atoms with E-state index in [0.29, 0.717) is 25.9 Å². The first-order valence-corrected chi connectivity index (χ1v) is 7.01. The normalized spacial score (nSPS) is 20.4. The molecule has 2 amide bonds. The molecule has 5 nitrogen and oxygen atoms in total. The second-order valence-corrected chi connectivity index (χ2v) is 5.04. The van der Waals surface area contributed by atoms with Gasteiger partial charge >= 0.3 is 0 Å². The fraction of sp³-hybridized carbons (Fsp3) is 0.467. The summed E-state index contributed by atoms with van der Waals surface area (Å²) in [5.41, 5.74) is 7.05. The van der Waals surface area contributed by atoms with Crippen LogP contribution in [0.3, 0.4) is 0 Å². The highest BCUT2D eigenvalue weighted by Crippen LogP contribution is 2.12. The largest absolute Gasteiger partial charge is 0.353 e. The second kappa shape index (κ2) is 6.52. The molecule has 3 N–H and O–H groups in total. The highest BCUT2D eigenvalue weighted by atomic mass is 16.2. The van der Waals surface area contributed by atoms with Gasteiger partial charge in [-0.1, -0.05) is 37.3 Å². The van der Waals surface area contributed by atoms with Crippen molar-refractivity contribution in [1.29, 1.82) is 0 Å². The lowest BCUT2D eigenvalue weighted by Crippen LogP contribution is -2.60. The van der Waals surface area contributed by atoms with E-state index in [4.69, 9.17) is 5.73 Å². The van der Waals surface area contributed by atoms with E-state index in [1.807, 2.05) is 37.3 Å². The van der Waals surface area contributed by atoms with Gasteiger partial charge in [-0.05, 0) is 18.4 Å². The summed E-state index contributed by atoms with van der Waals surface area (Å²) in [5, 5.41) is 2.78. The van der Waals surface area contributed by atoms with Crippen LogP contribution in [0, 0.1) is 0 Å². The molecule has 1 unspecified atom stereocenters. The number of nitrogens with one attached hydrogen (secondary N) is 1. The van der Waals surface area contributed by atoms with E-state index < -0.39 is 12.1 Å². The Morgan fingerprint density at radius 2 is 2.15 bits per heavy atom. The van der Waals surface area contributed by atoms with Crippen LogP contribution in [0.5, 0.6) is 0 Å². The molecule has 1 aliphatic heterocycles. The lowest BCUT2D eigenvalue weighted by molar-refractivity contribution is -0.144. The first kappa shape index (κ1) is 14.5. The molecule has 0 aliphatic carbocycles. The smallest absolute Gasteiger partial charge is 0.242 e. The van der Waals surface area contributed by atoms with Crippen molar-refractivity contribution in [3.63, 3.8) is 0 Å². The lowest BCUT2D eigenvalue weighted by atomic mass is 10.0. The summed E-state index contributed by atoms with van der Waals surface area (Å²) >= 11 is 0. The van der Waals surface area contributed by atoms with Crippen LogP contribution >= 0.6 is 0 Å². The molecular formula is C15H21N3O2. The van der Waals surface area contributed by atoms with Gasteiger partial charge in [0.25, 0.3) is 0 Å². The van der Waals surface area contributed by atoms with Crippen molar-refractivity contribution in [3.8, 4) is 0 Å². The average Bonchev–Trinajstić information content (AvgIpc) is 2.47. The van der Waals surface area contributed by atoms with E-state index in [1.54, 1.807) is 4.90 Å². The monoisotopic (exact) mass is 275 g/mol. The molecule has 20 heavy (non-hydrogen) atoms. The molecular weight excluding hydrogens is 254 g/mol. The summed E-state index contributed by atoms with van der Waals surface area (Å²) in [6.45, 7) is 2.93. The number of carbonyl (C=O) groups is 2. The van der Waals surface area contributed by atoms with Crippen molar-refractivity contribution in [2.24, 2.45) is 5.73 Å². The molecule has 2 atom stereocenters. The Bertz CT molecular complexity index is 475. The Balaban J connectivity index is 2.04. The Kier molecular flexibility index (Phi) is 4.74. The third-order valence-electron chi connectivity index (χ3n) is 3.62. The molecule has 1 aromatic rings. The van der Waals surface area contributed by atoms with Crippen molar-refractivity contribution in [3.05, 3.63) is 35.9 Å². The van der Waals surface area contributed by atoms with Gasteiger partial charge in [-0.2, -0.15) is 0 Å².